The van der Waals surface area contributed by atoms with Crippen molar-refractivity contribution in [2.75, 3.05) is 25.2 Å². The summed E-state index contributed by atoms with van der Waals surface area (Å²) < 4.78 is 37.4. The molecule has 2 unspecified atom stereocenters. The molecule has 2 aromatic heterocycles. The van der Waals surface area contributed by atoms with Crippen LogP contribution in [0.15, 0.2) is 36.7 Å². The number of esters is 1. The van der Waals surface area contributed by atoms with E-state index in [0.29, 0.717) is 12.2 Å². The van der Waals surface area contributed by atoms with E-state index in [1.807, 2.05) is 30.3 Å². The molecule has 1 aromatic carbocycles. The number of imidazole rings is 1. The van der Waals surface area contributed by atoms with Gasteiger partial charge in [0.2, 0.25) is 11.8 Å². The molecule has 0 amide bonds. The maximum absolute atomic E-state index is 13.5. The van der Waals surface area contributed by atoms with Gasteiger partial charge in [-0.05, 0) is 25.8 Å². The van der Waals surface area contributed by atoms with Crippen LogP contribution in [0.25, 0.3) is 11.2 Å². The number of aliphatic hydroxyl groups excluding tert-OH is 1. The SMILES string of the molecule is COc1nc(N)nc2c1ncn2[C@@H]1OC(COP2(=O)N[C@@H](C(=O)O[C@H](C)c3ccccc3)CCS2)[C@@H](O)[C@@]1(C)O. The van der Waals surface area contributed by atoms with Crippen molar-refractivity contribution in [1.82, 2.24) is 24.6 Å². The summed E-state index contributed by atoms with van der Waals surface area (Å²) in [7, 11) is 1.41. The molecule has 5 N–H and O–H groups in total. The Morgan fingerprint density at radius 3 is 2.85 bits per heavy atom. The first kappa shape index (κ1) is 28.7. The zero-order valence-corrected chi connectivity index (χ0v) is 23.7. The van der Waals surface area contributed by atoms with Gasteiger partial charge in [0.1, 0.15) is 30.0 Å². The average molecular weight is 595 g/mol. The zero-order valence-electron chi connectivity index (χ0n) is 22.0. The van der Waals surface area contributed by atoms with E-state index < -0.39 is 48.9 Å². The molecule has 4 heterocycles. The van der Waals surface area contributed by atoms with E-state index in [2.05, 4.69) is 20.0 Å². The Bertz CT molecular complexity index is 1430. The summed E-state index contributed by atoms with van der Waals surface area (Å²) >= 11 is 1.05. The number of carbonyl (C=O) groups excluding carboxylic acids is 1. The Balaban J connectivity index is 1.25. The highest BCUT2D eigenvalue weighted by molar-refractivity contribution is 8.56. The standard InChI is InChI=1S/C24H31N6O8PS/c1-13(14-7-5-4-6-8-14)37-21(32)15-9-10-40-39(34,29-15)36-11-16-18(31)24(2,33)22(38-16)30-12-26-17-19(30)27-23(25)28-20(17)35-3/h4-8,12-13,15-16,18,22,31,33H,9-11H2,1-3H3,(H,29,34)(H2,25,27,28)/t13-,15-,16?,18-,22-,24-,39?/m1/s1. The number of aliphatic hydroxyl groups is 2. The largest absolute Gasteiger partial charge is 0.479 e. The molecule has 2 aliphatic heterocycles. The lowest BCUT2D eigenvalue weighted by molar-refractivity contribution is -0.150. The van der Waals surface area contributed by atoms with Crippen molar-refractivity contribution in [3.8, 4) is 5.88 Å². The lowest BCUT2D eigenvalue weighted by Crippen LogP contribution is -2.44. The van der Waals surface area contributed by atoms with Gasteiger partial charge in [-0.15, -0.1) is 0 Å². The zero-order chi connectivity index (χ0) is 28.7. The van der Waals surface area contributed by atoms with Gasteiger partial charge in [0.05, 0.1) is 20.0 Å². The molecule has 7 atom stereocenters. The number of ether oxygens (including phenoxy) is 3. The first-order valence-corrected chi connectivity index (χ1v) is 15.8. The second kappa shape index (κ2) is 11.2. The monoisotopic (exact) mass is 594 g/mol. The van der Waals surface area contributed by atoms with E-state index in [-0.39, 0.29) is 29.6 Å². The minimum atomic E-state index is -3.58. The van der Waals surface area contributed by atoms with Gasteiger partial charge in [-0.1, -0.05) is 41.7 Å². The molecule has 0 bridgehead atoms. The number of fused-ring (bicyclic) bond motifs is 1. The highest BCUT2D eigenvalue weighted by atomic mass is 32.7. The van der Waals surface area contributed by atoms with Crippen molar-refractivity contribution >= 4 is 41.2 Å². The minimum absolute atomic E-state index is 0.0751. The molecule has 216 valence electrons. The third-order valence-corrected chi connectivity index (χ3v) is 10.9. The lowest BCUT2D eigenvalue weighted by atomic mass is 9.96. The van der Waals surface area contributed by atoms with Gasteiger partial charge in [-0.2, -0.15) is 9.97 Å². The van der Waals surface area contributed by atoms with Gasteiger partial charge in [0.25, 0.3) is 0 Å². The van der Waals surface area contributed by atoms with E-state index in [1.54, 1.807) is 6.92 Å². The third kappa shape index (κ3) is 5.55. The number of methoxy groups -OCH3 is 1. The van der Waals surface area contributed by atoms with Gasteiger partial charge in [0.15, 0.2) is 17.4 Å². The van der Waals surface area contributed by atoms with Crippen LogP contribution in [0.3, 0.4) is 0 Å². The third-order valence-electron chi connectivity index (χ3n) is 6.84. The van der Waals surface area contributed by atoms with Crippen molar-refractivity contribution in [1.29, 1.82) is 0 Å². The van der Waals surface area contributed by atoms with Crippen molar-refractivity contribution in [3.63, 3.8) is 0 Å². The second-order valence-corrected chi connectivity index (χ2v) is 14.1. The molecule has 40 heavy (non-hydrogen) atoms. The normalized spacial score (nSPS) is 31.2. The summed E-state index contributed by atoms with van der Waals surface area (Å²) in [6.45, 7) is -0.748. The second-order valence-electron chi connectivity index (χ2n) is 9.70. The molecule has 0 spiro atoms. The van der Waals surface area contributed by atoms with Gasteiger partial charge in [-0.3, -0.25) is 13.9 Å². The number of aromatic nitrogens is 4. The van der Waals surface area contributed by atoms with Crippen LogP contribution in [-0.2, 0) is 23.4 Å². The van der Waals surface area contributed by atoms with Crippen LogP contribution < -0.4 is 15.6 Å². The molecule has 2 saturated heterocycles. The van der Waals surface area contributed by atoms with Crippen LogP contribution in [0.5, 0.6) is 5.88 Å². The van der Waals surface area contributed by atoms with E-state index >= 15 is 0 Å². The van der Waals surface area contributed by atoms with Crippen molar-refractivity contribution in [2.45, 2.75) is 56.5 Å². The van der Waals surface area contributed by atoms with Crippen molar-refractivity contribution in [2.24, 2.45) is 0 Å². The molecule has 2 aliphatic rings. The molecular weight excluding hydrogens is 563 g/mol. The number of hydrogen-bond acceptors (Lipinski definition) is 13. The van der Waals surface area contributed by atoms with Crippen molar-refractivity contribution < 1.29 is 38.3 Å². The first-order valence-electron chi connectivity index (χ1n) is 12.5. The van der Waals surface area contributed by atoms with Crippen LogP contribution >= 0.6 is 18.1 Å². The Labute approximate surface area is 233 Å². The van der Waals surface area contributed by atoms with E-state index in [4.69, 9.17) is 24.5 Å². The van der Waals surface area contributed by atoms with Crippen LogP contribution in [0.2, 0.25) is 0 Å². The fourth-order valence-corrected chi connectivity index (χ4v) is 8.46. The Hall–Kier alpha value is -2.78. The summed E-state index contributed by atoms with van der Waals surface area (Å²) in [5.74, 6) is -0.0791. The Morgan fingerprint density at radius 1 is 1.38 bits per heavy atom. The van der Waals surface area contributed by atoms with Gasteiger partial charge in [0, 0.05) is 5.75 Å². The topological polar surface area (TPSA) is 193 Å². The number of carbonyl (C=O) groups is 1. The lowest BCUT2D eigenvalue weighted by Gasteiger charge is -2.30. The number of benzene rings is 1. The summed E-state index contributed by atoms with van der Waals surface area (Å²) in [4.78, 5) is 25.2. The summed E-state index contributed by atoms with van der Waals surface area (Å²) in [6, 6.07) is 8.46. The predicted molar refractivity (Wildman–Crippen MR) is 145 cm³/mol. The molecule has 14 nitrogen and oxygen atoms in total. The molecule has 5 rings (SSSR count). The maximum atomic E-state index is 13.5. The van der Waals surface area contributed by atoms with Crippen molar-refractivity contribution in [3.05, 3.63) is 42.2 Å². The smallest absolute Gasteiger partial charge is 0.327 e. The summed E-state index contributed by atoms with van der Waals surface area (Å²) in [6.07, 6.45) is -2.35. The van der Waals surface area contributed by atoms with Gasteiger partial charge in [-0.25, -0.2) is 10.1 Å². The van der Waals surface area contributed by atoms with Crippen LogP contribution in [0.4, 0.5) is 5.95 Å². The predicted octanol–water partition coefficient (Wildman–Crippen LogP) is 1.95. The van der Waals surface area contributed by atoms with E-state index in [1.165, 1.54) is 24.9 Å². The van der Waals surface area contributed by atoms with Crippen LogP contribution in [0.1, 0.15) is 38.2 Å². The molecular formula is C24H31N6O8PS. The average Bonchev–Trinajstić information content (AvgIpc) is 3.45. The van der Waals surface area contributed by atoms with Crippen LogP contribution in [0, 0.1) is 0 Å². The van der Waals surface area contributed by atoms with E-state index in [9.17, 15) is 19.6 Å². The van der Waals surface area contributed by atoms with Gasteiger partial charge < -0.3 is 34.7 Å². The highest BCUT2D eigenvalue weighted by Gasteiger charge is 2.54. The fourth-order valence-electron chi connectivity index (χ4n) is 4.65. The van der Waals surface area contributed by atoms with E-state index in [0.717, 1.165) is 16.9 Å². The summed E-state index contributed by atoms with van der Waals surface area (Å²) in [5.41, 5.74) is 5.34. The fraction of sp³-hybridized carbons (Fsp3) is 0.500. The van der Waals surface area contributed by atoms with Gasteiger partial charge >= 0.3 is 12.7 Å². The number of nitrogens with two attached hydrogens (primary N) is 1. The number of hydrogen-bond donors (Lipinski definition) is 4. The molecule has 0 radical (unpaired) electrons. The summed E-state index contributed by atoms with van der Waals surface area (Å²) in [5, 5.41) is 24.9. The van der Waals surface area contributed by atoms with Crippen LogP contribution in [-0.4, -0.2) is 79.0 Å². The molecule has 2 fully saturated rings. The number of rotatable bonds is 8. The first-order chi connectivity index (χ1) is 19.0. The Kier molecular flexibility index (Phi) is 8.08. The molecule has 0 aliphatic carbocycles. The number of anilines is 1. The highest BCUT2D eigenvalue weighted by Crippen LogP contribution is 2.59. The maximum Gasteiger partial charge on any atom is 0.327 e. The number of nitrogens with one attached hydrogen (secondary N) is 1. The molecule has 0 saturated carbocycles. The number of nitrogen functional groups attached to an aromatic ring is 1. The molecule has 3 aromatic rings. The Morgan fingerprint density at radius 2 is 2.12 bits per heavy atom. The minimum Gasteiger partial charge on any atom is -0.479 e. The number of nitrogens with zero attached hydrogens (tertiary/aromatic N) is 4. The molecule has 16 heteroatoms. The quantitative estimate of drug-likeness (QED) is 0.218.